The van der Waals surface area contributed by atoms with Crippen LogP contribution in [0.1, 0.15) is 6.92 Å². The zero-order valence-corrected chi connectivity index (χ0v) is 7.12. The molecule has 1 aliphatic rings. The quantitative estimate of drug-likeness (QED) is 0.327. The lowest BCUT2D eigenvalue weighted by atomic mass is 10.00. The fraction of sp³-hybridized carbons (Fsp3) is 1.00. The van der Waals surface area contributed by atoms with Crippen LogP contribution in [0.4, 0.5) is 0 Å². The second kappa shape index (κ2) is 3.69. The molecule has 4 nitrogen and oxygen atoms in total. The summed E-state index contributed by atoms with van der Waals surface area (Å²) in [6.45, 7) is 1.94. The zero-order valence-electron chi connectivity index (χ0n) is 6.37. The molecule has 0 aromatic heterocycles. The predicted octanol–water partition coefficient (Wildman–Crippen LogP) is -5.96. The van der Waals surface area contributed by atoms with E-state index in [4.69, 9.17) is 5.11 Å². The molecule has 1 heterocycles. The Morgan fingerprint density at radius 3 is 2.36 bits per heavy atom. The number of hydrogen-bond donors (Lipinski definition) is 4. The first-order valence-corrected chi connectivity index (χ1v) is 3.42. The molecule has 0 aromatic rings. The molecule has 0 bridgehead atoms. The summed E-state index contributed by atoms with van der Waals surface area (Å²) in [6, 6.07) is -0.255. The van der Waals surface area contributed by atoms with Crippen LogP contribution in [0.15, 0.2) is 0 Å². The molecule has 0 spiro atoms. The Balaban J connectivity index is 0.000001000. The van der Waals surface area contributed by atoms with Gasteiger partial charge in [0.1, 0.15) is 24.3 Å². The Morgan fingerprint density at radius 1 is 1.64 bits per heavy atom. The molecule has 5 heteroatoms. The van der Waals surface area contributed by atoms with Crippen LogP contribution in [-0.4, -0.2) is 46.2 Å². The standard InChI is InChI=1S/C6H13NO3.ClH/c1-6(10)3-7-4(2-8)5(6)9;/h4-5,7-10H,2-3H2,1H3;1H/t4-,5+,6-;/m1./s1. The third-order valence-electron chi connectivity index (χ3n) is 2.09. The molecule has 11 heavy (non-hydrogen) atoms. The number of quaternary nitrogens is 1. The van der Waals surface area contributed by atoms with Gasteiger partial charge in [-0.25, -0.2) is 0 Å². The Bertz CT molecular complexity index is 131. The van der Waals surface area contributed by atoms with Gasteiger partial charge >= 0.3 is 0 Å². The summed E-state index contributed by atoms with van der Waals surface area (Å²) in [5, 5.41) is 29.1. The van der Waals surface area contributed by atoms with Crippen molar-refractivity contribution >= 4 is 0 Å². The van der Waals surface area contributed by atoms with Crippen LogP contribution in [0.3, 0.4) is 0 Å². The topological polar surface area (TPSA) is 77.3 Å². The number of rotatable bonds is 1. The Kier molecular flexibility index (Phi) is 3.73. The molecule has 5 N–H and O–H groups in total. The summed E-state index contributed by atoms with van der Waals surface area (Å²) >= 11 is 0. The smallest absolute Gasteiger partial charge is 0.142 e. The Hall–Kier alpha value is 0.130. The van der Waals surface area contributed by atoms with Gasteiger partial charge < -0.3 is 33.0 Å². The molecule has 68 valence electrons. The van der Waals surface area contributed by atoms with Crippen molar-refractivity contribution in [2.24, 2.45) is 0 Å². The molecular weight excluding hydrogens is 170 g/mol. The Morgan fingerprint density at radius 2 is 2.18 bits per heavy atom. The fourth-order valence-electron chi connectivity index (χ4n) is 1.28. The van der Waals surface area contributed by atoms with Gasteiger partial charge in [-0.15, -0.1) is 0 Å². The van der Waals surface area contributed by atoms with Gasteiger partial charge in [0.15, 0.2) is 0 Å². The van der Waals surface area contributed by atoms with Gasteiger partial charge in [-0.2, -0.15) is 0 Å². The molecule has 3 atom stereocenters. The predicted molar refractivity (Wildman–Crippen MR) is 34.3 cm³/mol. The number of aliphatic hydroxyl groups excluding tert-OH is 2. The van der Waals surface area contributed by atoms with Crippen molar-refractivity contribution in [2.75, 3.05) is 13.2 Å². The van der Waals surface area contributed by atoms with Crippen LogP contribution >= 0.6 is 0 Å². The third kappa shape index (κ3) is 2.04. The van der Waals surface area contributed by atoms with Crippen molar-refractivity contribution in [1.82, 2.24) is 0 Å². The van der Waals surface area contributed by atoms with Gasteiger partial charge in [-0.1, -0.05) is 0 Å². The minimum absolute atomic E-state index is 0. The molecule has 1 saturated heterocycles. The van der Waals surface area contributed by atoms with Crippen LogP contribution in [0.5, 0.6) is 0 Å². The number of aliphatic hydroxyl groups is 3. The van der Waals surface area contributed by atoms with E-state index in [9.17, 15) is 10.2 Å². The minimum Gasteiger partial charge on any atom is -1.00 e. The van der Waals surface area contributed by atoms with Gasteiger partial charge in [0.05, 0.1) is 6.61 Å². The molecule has 0 radical (unpaired) electrons. The molecule has 0 unspecified atom stereocenters. The number of halogens is 1. The summed E-state index contributed by atoms with van der Waals surface area (Å²) in [5.41, 5.74) is -1.03. The lowest BCUT2D eigenvalue weighted by Crippen LogP contribution is -3.00. The summed E-state index contributed by atoms with van der Waals surface area (Å²) in [5.74, 6) is 0. The molecular formula is C6H14ClNO3. The first kappa shape index (κ1) is 11.1. The van der Waals surface area contributed by atoms with E-state index in [1.54, 1.807) is 12.2 Å². The normalized spacial score (nSPS) is 43.6. The van der Waals surface area contributed by atoms with Crippen LogP contribution < -0.4 is 17.7 Å². The van der Waals surface area contributed by atoms with E-state index in [0.29, 0.717) is 6.54 Å². The molecule has 1 fully saturated rings. The van der Waals surface area contributed by atoms with Gasteiger partial charge in [0, 0.05) is 0 Å². The van der Waals surface area contributed by atoms with E-state index in [0.717, 1.165) is 0 Å². The molecule has 0 saturated carbocycles. The van der Waals surface area contributed by atoms with Gasteiger partial charge in [0.2, 0.25) is 0 Å². The van der Waals surface area contributed by atoms with Crippen molar-refractivity contribution in [1.29, 1.82) is 0 Å². The zero-order chi connectivity index (χ0) is 7.78. The van der Waals surface area contributed by atoms with E-state index >= 15 is 0 Å². The second-order valence-corrected chi connectivity index (χ2v) is 3.09. The minimum atomic E-state index is -1.03. The summed E-state index contributed by atoms with van der Waals surface area (Å²) in [6.07, 6.45) is -0.808. The number of hydrogen-bond acceptors (Lipinski definition) is 3. The van der Waals surface area contributed by atoms with Crippen LogP contribution in [0, 0.1) is 0 Å². The molecule has 0 amide bonds. The van der Waals surface area contributed by atoms with E-state index < -0.39 is 11.7 Å². The lowest BCUT2D eigenvalue weighted by Gasteiger charge is -2.17. The maximum absolute atomic E-state index is 9.37. The van der Waals surface area contributed by atoms with Gasteiger partial charge in [-0.05, 0) is 6.92 Å². The summed E-state index contributed by atoms with van der Waals surface area (Å²) < 4.78 is 0. The average molecular weight is 184 g/mol. The third-order valence-corrected chi connectivity index (χ3v) is 2.09. The second-order valence-electron chi connectivity index (χ2n) is 3.09. The fourth-order valence-corrected chi connectivity index (χ4v) is 1.28. The molecule has 1 rings (SSSR count). The van der Waals surface area contributed by atoms with Crippen LogP contribution in [-0.2, 0) is 0 Å². The summed E-state index contributed by atoms with van der Waals surface area (Å²) in [4.78, 5) is 0. The highest BCUT2D eigenvalue weighted by Gasteiger charge is 2.46. The van der Waals surface area contributed by atoms with E-state index in [1.807, 2.05) is 0 Å². The van der Waals surface area contributed by atoms with Crippen LogP contribution in [0.2, 0.25) is 0 Å². The van der Waals surface area contributed by atoms with E-state index in [-0.39, 0.29) is 25.1 Å². The lowest BCUT2D eigenvalue weighted by molar-refractivity contribution is -0.678. The first-order chi connectivity index (χ1) is 4.58. The van der Waals surface area contributed by atoms with Crippen molar-refractivity contribution in [2.45, 2.75) is 24.7 Å². The Labute approximate surface area is 71.6 Å². The molecule has 1 aliphatic heterocycles. The highest BCUT2D eigenvalue weighted by Crippen LogP contribution is 2.13. The molecule has 0 aliphatic carbocycles. The van der Waals surface area contributed by atoms with Crippen LogP contribution in [0.25, 0.3) is 0 Å². The van der Waals surface area contributed by atoms with Crippen molar-refractivity contribution in [3.8, 4) is 0 Å². The van der Waals surface area contributed by atoms with E-state index in [1.165, 1.54) is 0 Å². The average Bonchev–Trinajstić information content (AvgIpc) is 2.10. The van der Waals surface area contributed by atoms with Crippen molar-refractivity contribution in [3.05, 3.63) is 0 Å². The summed E-state index contributed by atoms with van der Waals surface area (Å²) in [7, 11) is 0. The molecule has 0 aromatic carbocycles. The maximum atomic E-state index is 9.37. The van der Waals surface area contributed by atoms with Gasteiger partial charge in [0.25, 0.3) is 0 Å². The monoisotopic (exact) mass is 183 g/mol. The number of nitrogens with two attached hydrogens (primary N) is 1. The first-order valence-electron chi connectivity index (χ1n) is 3.42. The largest absolute Gasteiger partial charge is 1.00 e. The van der Waals surface area contributed by atoms with E-state index in [2.05, 4.69) is 0 Å². The SMILES string of the molecule is C[C@@]1(O)C[NH2+][C@H](CO)[C@@H]1O.[Cl-]. The van der Waals surface area contributed by atoms with Gasteiger partial charge in [-0.3, -0.25) is 0 Å². The highest BCUT2D eigenvalue weighted by atomic mass is 35.5. The van der Waals surface area contributed by atoms with Crippen molar-refractivity contribution in [3.63, 3.8) is 0 Å². The maximum Gasteiger partial charge on any atom is 0.142 e. The van der Waals surface area contributed by atoms with Crippen molar-refractivity contribution < 1.29 is 33.0 Å². The highest BCUT2D eigenvalue weighted by molar-refractivity contribution is 4.89.